The number of aliphatic imine (C=N–C) groups is 1. The highest BCUT2D eigenvalue weighted by Crippen LogP contribution is 2.32. The first-order valence-electron chi connectivity index (χ1n) is 13.2. The minimum Gasteiger partial charge on any atom is -0.490 e. The highest BCUT2D eigenvalue weighted by molar-refractivity contribution is 8.27. The Kier molecular flexibility index (Phi) is 8.69. The number of aryl methyl sites for hydroxylation is 2. The van der Waals surface area contributed by atoms with E-state index in [9.17, 15) is 4.79 Å². The third kappa shape index (κ3) is 6.78. The topological polar surface area (TPSA) is 106 Å². The lowest BCUT2D eigenvalue weighted by Crippen LogP contribution is -2.35. The van der Waals surface area contributed by atoms with Crippen molar-refractivity contribution < 1.29 is 23.7 Å². The predicted octanol–water partition coefficient (Wildman–Crippen LogP) is 5.86. The first-order valence-corrected chi connectivity index (χ1v) is 14.0. The van der Waals surface area contributed by atoms with Crippen molar-refractivity contribution in [2.75, 3.05) is 26.4 Å². The number of ether oxygens (including phenoxy) is 4. The van der Waals surface area contributed by atoms with Crippen molar-refractivity contribution in [3.05, 3.63) is 89.0 Å². The van der Waals surface area contributed by atoms with E-state index < -0.39 is 5.91 Å². The maximum atomic E-state index is 12.9. The van der Waals surface area contributed by atoms with Crippen molar-refractivity contribution in [1.29, 1.82) is 5.41 Å². The molecule has 0 spiro atoms. The summed E-state index contributed by atoms with van der Waals surface area (Å²) in [4.78, 5) is 17.0. The molecule has 0 aromatic heterocycles. The minimum atomic E-state index is -0.504. The normalized spacial score (nSPS) is 15.4. The van der Waals surface area contributed by atoms with Gasteiger partial charge in [-0.1, -0.05) is 30.3 Å². The van der Waals surface area contributed by atoms with Crippen LogP contribution < -0.4 is 18.9 Å². The molecule has 1 N–H and O–H groups in total. The van der Waals surface area contributed by atoms with Crippen LogP contribution in [-0.2, 0) is 4.79 Å². The Morgan fingerprint density at radius 1 is 0.878 bits per heavy atom. The molecule has 0 radical (unpaired) electrons. The molecule has 2 heterocycles. The first kappa shape index (κ1) is 28.0. The van der Waals surface area contributed by atoms with Gasteiger partial charge in [-0.25, -0.2) is 0 Å². The van der Waals surface area contributed by atoms with E-state index >= 15 is 0 Å². The lowest BCUT2D eigenvalue weighted by Gasteiger charge is -2.20. The second-order valence-electron chi connectivity index (χ2n) is 9.20. The molecule has 0 saturated carbocycles. The molecule has 0 bridgehead atoms. The zero-order valence-electron chi connectivity index (χ0n) is 23.0. The summed E-state index contributed by atoms with van der Waals surface area (Å²) in [5.41, 5.74) is 3.18. The molecule has 3 aromatic rings. The number of amides is 1. The molecular formula is C31H30N4O5S. The third-order valence-corrected chi connectivity index (χ3v) is 7.15. The van der Waals surface area contributed by atoms with Gasteiger partial charge in [0.15, 0.2) is 17.3 Å². The molecule has 0 fully saturated rings. The smallest absolute Gasteiger partial charge is 0.283 e. The number of hydrazone groups is 1. The summed E-state index contributed by atoms with van der Waals surface area (Å²) >= 11 is 1.22. The molecule has 5 rings (SSSR count). The number of thioether (sulfide) groups is 1. The lowest BCUT2D eigenvalue weighted by atomic mass is 10.1. The number of para-hydroxylation sites is 1. The first-order chi connectivity index (χ1) is 19.9. The van der Waals surface area contributed by atoms with Gasteiger partial charge in [0.1, 0.15) is 36.4 Å². The molecular weight excluding hydrogens is 540 g/mol. The van der Waals surface area contributed by atoms with Crippen LogP contribution in [-0.4, -0.2) is 53.4 Å². The van der Waals surface area contributed by atoms with Gasteiger partial charge in [0, 0.05) is 0 Å². The molecule has 1 amide bonds. The zero-order valence-corrected chi connectivity index (χ0v) is 23.9. The van der Waals surface area contributed by atoms with Gasteiger partial charge in [-0.2, -0.15) is 15.1 Å². The summed E-state index contributed by atoms with van der Waals surface area (Å²) in [6.07, 6.45) is 1.61. The Bertz CT molecular complexity index is 1550. The van der Waals surface area contributed by atoms with Crippen molar-refractivity contribution >= 4 is 39.8 Å². The van der Waals surface area contributed by atoms with E-state index in [1.54, 1.807) is 24.3 Å². The average Bonchev–Trinajstić information content (AvgIpc) is 3.38. The molecule has 9 nitrogen and oxygen atoms in total. The number of hydrogen-bond donors (Lipinski definition) is 1. The lowest BCUT2D eigenvalue weighted by molar-refractivity contribution is -0.114. The molecule has 0 atom stereocenters. The summed E-state index contributed by atoms with van der Waals surface area (Å²) in [5, 5.41) is 15.4. The Labute approximate surface area is 243 Å². The van der Waals surface area contributed by atoms with Gasteiger partial charge in [-0.3, -0.25) is 10.2 Å². The minimum absolute atomic E-state index is 0.0519. The van der Waals surface area contributed by atoms with Crippen LogP contribution in [0.1, 0.15) is 23.6 Å². The Hall–Kier alpha value is -4.57. The molecule has 10 heteroatoms. The van der Waals surface area contributed by atoms with E-state index in [0.29, 0.717) is 52.8 Å². The van der Waals surface area contributed by atoms with Gasteiger partial charge in [0.2, 0.25) is 5.17 Å². The van der Waals surface area contributed by atoms with Crippen molar-refractivity contribution in [2.24, 2.45) is 10.1 Å². The van der Waals surface area contributed by atoms with Crippen LogP contribution in [0.25, 0.3) is 6.08 Å². The molecule has 3 aromatic carbocycles. The van der Waals surface area contributed by atoms with E-state index in [-0.39, 0.29) is 18.0 Å². The predicted molar refractivity (Wildman–Crippen MR) is 161 cm³/mol. The molecule has 41 heavy (non-hydrogen) atoms. The summed E-state index contributed by atoms with van der Waals surface area (Å²) in [5.74, 6) is 2.04. The van der Waals surface area contributed by atoms with Gasteiger partial charge in [-0.15, -0.1) is 0 Å². The van der Waals surface area contributed by atoms with Crippen molar-refractivity contribution in [1.82, 2.24) is 5.01 Å². The summed E-state index contributed by atoms with van der Waals surface area (Å²) in [7, 11) is 0. The monoisotopic (exact) mass is 570 g/mol. The second-order valence-corrected chi connectivity index (χ2v) is 10.2. The summed E-state index contributed by atoms with van der Waals surface area (Å²) < 4.78 is 23.3. The number of rotatable bonds is 11. The standard InChI is InChI=1S/C31H30N4O5S/c1-4-37-27-18-22(11-13-26(27)39-15-14-38-24-12-10-20(2)21(3)16-24)17-25-29(32)35-31(33-30(25)36)41-28(34-35)19-40-23-8-6-5-7-9-23/h5-13,16-18,32H,4,14-15,19H2,1-3H3/b25-17-,32-29?. The number of carbonyl (C=O) groups is 1. The maximum absolute atomic E-state index is 12.9. The van der Waals surface area contributed by atoms with E-state index in [0.717, 1.165) is 5.75 Å². The number of nitrogens with one attached hydrogen (secondary N) is 1. The van der Waals surface area contributed by atoms with E-state index in [4.69, 9.17) is 24.4 Å². The van der Waals surface area contributed by atoms with Crippen LogP contribution in [0.4, 0.5) is 0 Å². The van der Waals surface area contributed by atoms with Crippen LogP contribution >= 0.6 is 11.8 Å². The van der Waals surface area contributed by atoms with Gasteiger partial charge in [-0.05, 0) is 91.7 Å². The number of amidine groups is 2. The van der Waals surface area contributed by atoms with Gasteiger partial charge in [0.25, 0.3) is 5.91 Å². The molecule has 0 aliphatic carbocycles. The largest absolute Gasteiger partial charge is 0.490 e. The van der Waals surface area contributed by atoms with Crippen molar-refractivity contribution in [3.8, 4) is 23.0 Å². The highest BCUT2D eigenvalue weighted by Gasteiger charge is 2.35. The van der Waals surface area contributed by atoms with Gasteiger partial charge in [0.05, 0.1) is 12.2 Å². The zero-order chi connectivity index (χ0) is 28.8. The number of benzene rings is 3. The number of nitrogens with zero attached hydrogens (tertiary/aromatic N) is 3. The van der Waals surface area contributed by atoms with Gasteiger partial charge >= 0.3 is 0 Å². The fourth-order valence-electron chi connectivity index (χ4n) is 4.04. The maximum Gasteiger partial charge on any atom is 0.283 e. The number of hydrogen-bond acceptors (Lipinski definition) is 8. The quantitative estimate of drug-likeness (QED) is 0.227. The molecule has 210 valence electrons. The summed E-state index contributed by atoms with van der Waals surface area (Å²) in [6, 6.07) is 20.7. The van der Waals surface area contributed by atoms with Crippen LogP contribution in [0.2, 0.25) is 0 Å². The number of fused-ring (bicyclic) bond motifs is 1. The van der Waals surface area contributed by atoms with E-state index in [1.807, 2.05) is 62.4 Å². The van der Waals surface area contributed by atoms with Crippen molar-refractivity contribution in [3.63, 3.8) is 0 Å². The molecule has 2 aliphatic rings. The van der Waals surface area contributed by atoms with E-state index in [2.05, 4.69) is 17.0 Å². The molecule has 0 unspecified atom stereocenters. The van der Waals surface area contributed by atoms with Crippen LogP contribution in [0, 0.1) is 19.3 Å². The van der Waals surface area contributed by atoms with Crippen LogP contribution in [0.15, 0.2) is 82.4 Å². The second kappa shape index (κ2) is 12.7. The van der Waals surface area contributed by atoms with Crippen molar-refractivity contribution in [2.45, 2.75) is 20.8 Å². The summed E-state index contributed by atoms with van der Waals surface area (Å²) in [6.45, 7) is 7.34. The fourth-order valence-corrected chi connectivity index (χ4v) is 4.83. The molecule has 0 saturated heterocycles. The third-order valence-electron chi connectivity index (χ3n) is 6.27. The average molecular weight is 571 g/mol. The highest BCUT2D eigenvalue weighted by atomic mass is 32.2. The molecule has 2 aliphatic heterocycles. The Balaban J connectivity index is 1.24. The Morgan fingerprint density at radius 2 is 1.68 bits per heavy atom. The fraction of sp³-hybridized carbons (Fsp3) is 0.226. The van der Waals surface area contributed by atoms with Crippen LogP contribution in [0.5, 0.6) is 23.0 Å². The van der Waals surface area contributed by atoms with E-state index in [1.165, 1.54) is 27.9 Å². The van der Waals surface area contributed by atoms with Gasteiger partial charge < -0.3 is 18.9 Å². The SMILES string of the molecule is CCOc1cc(/C=C2/C(=N)N3N=C(COc4ccccc4)SC3=NC2=O)ccc1OCCOc1ccc(C)c(C)c1. The van der Waals surface area contributed by atoms with Crippen LogP contribution in [0.3, 0.4) is 0 Å². The Morgan fingerprint density at radius 3 is 2.46 bits per heavy atom. The number of carbonyl (C=O) groups excluding carboxylic acids is 1.